The zero-order valence-electron chi connectivity index (χ0n) is 10.4. The summed E-state index contributed by atoms with van der Waals surface area (Å²) in [5.74, 6) is 0.163. The lowest BCUT2D eigenvalue weighted by atomic mass is 10.2. The molecule has 0 amide bonds. The quantitative estimate of drug-likeness (QED) is 0.925. The number of hydrogen-bond donors (Lipinski definition) is 1. The maximum atomic E-state index is 12.2. The topological polar surface area (TPSA) is 72.2 Å². The Morgan fingerprint density at radius 1 is 1.17 bits per heavy atom. The van der Waals surface area contributed by atoms with Gasteiger partial charge in [-0.3, -0.25) is 0 Å². The van der Waals surface area contributed by atoms with E-state index in [0.29, 0.717) is 16.8 Å². The molecule has 6 heteroatoms. The van der Waals surface area contributed by atoms with E-state index < -0.39 is 10.0 Å². The molecule has 0 atom stereocenters. The van der Waals surface area contributed by atoms with E-state index in [1.807, 2.05) is 0 Å². The number of rotatable bonds is 3. The maximum Gasteiger partial charge on any atom is 0.264 e. The van der Waals surface area contributed by atoms with E-state index in [4.69, 9.17) is 4.52 Å². The fourth-order valence-corrected chi connectivity index (χ4v) is 2.84. The van der Waals surface area contributed by atoms with Crippen molar-refractivity contribution in [1.29, 1.82) is 0 Å². The first-order valence-electron chi connectivity index (χ1n) is 5.43. The molecule has 2 rings (SSSR count). The molecule has 5 nitrogen and oxygen atoms in total. The summed E-state index contributed by atoms with van der Waals surface area (Å²) < 4.78 is 31.7. The lowest BCUT2D eigenvalue weighted by molar-refractivity contribution is 0.430. The third-order valence-electron chi connectivity index (χ3n) is 2.77. The highest BCUT2D eigenvalue weighted by Gasteiger charge is 2.20. The first kappa shape index (κ1) is 12.6. The van der Waals surface area contributed by atoms with Crippen molar-refractivity contribution >= 4 is 15.9 Å². The molecule has 18 heavy (non-hydrogen) atoms. The maximum absolute atomic E-state index is 12.2. The smallest absolute Gasteiger partial charge is 0.264 e. The van der Waals surface area contributed by atoms with E-state index in [0.717, 1.165) is 0 Å². The van der Waals surface area contributed by atoms with Crippen molar-refractivity contribution in [3.05, 3.63) is 41.1 Å². The molecule has 0 aliphatic carbocycles. The molecule has 96 valence electrons. The van der Waals surface area contributed by atoms with Crippen LogP contribution in [-0.2, 0) is 10.0 Å². The Morgan fingerprint density at radius 2 is 1.83 bits per heavy atom. The van der Waals surface area contributed by atoms with Gasteiger partial charge in [0.15, 0.2) is 0 Å². The van der Waals surface area contributed by atoms with Crippen LogP contribution in [0.3, 0.4) is 0 Å². The van der Waals surface area contributed by atoms with Crippen LogP contribution in [0.1, 0.15) is 16.8 Å². The van der Waals surface area contributed by atoms with Gasteiger partial charge in [0.05, 0.1) is 10.6 Å². The monoisotopic (exact) mass is 266 g/mol. The minimum absolute atomic E-state index is 0.163. The molecule has 0 bridgehead atoms. The lowest BCUT2D eigenvalue weighted by Crippen LogP contribution is -2.14. The van der Waals surface area contributed by atoms with E-state index in [1.54, 1.807) is 45.0 Å². The van der Waals surface area contributed by atoms with Gasteiger partial charge in [0, 0.05) is 5.56 Å². The normalized spacial score (nSPS) is 11.5. The average Bonchev–Trinajstić information content (AvgIpc) is 2.61. The van der Waals surface area contributed by atoms with Crippen molar-refractivity contribution in [2.75, 3.05) is 4.72 Å². The molecule has 0 saturated heterocycles. The average molecular weight is 266 g/mol. The van der Waals surface area contributed by atoms with Gasteiger partial charge in [0.25, 0.3) is 10.0 Å². The molecule has 1 heterocycles. The Labute approximate surface area is 106 Å². The molecule has 0 aliphatic rings. The summed E-state index contributed by atoms with van der Waals surface area (Å²) in [6.45, 7) is 5.25. The molecule has 1 N–H and O–H groups in total. The fraction of sp³-hybridized carbons (Fsp3) is 0.250. The third-order valence-corrected chi connectivity index (χ3v) is 4.26. The Balaban J connectivity index is 2.40. The van der Waals surface area contributed by atoms with E-state index in [-0.39, 0.29) is 10.8 Å². The minimum atomic E-state index is -3.64. The molecular weight excluding hydrogens is 252 g/mol. The van der Waals surface area contributed by atoms with Gasteiger partial charge in [-0.15, -0.1) is 0 Å². The van der Waals surface area contributed by atoms with Crippen LogP contribution < -0.4 is 4.72 Å². The number of nitrogens with zero attached hydrogens (tertiary/aromatic N) is 1. The molecule has 0 fully saturated rings. The molecule has 0 unspecified atom stereocenters. The second-order valence-corrected chi connectivity index (χ2v) is 5.74. The molecule has 2 aromatic rings. The second-order valence-electron chi connectivity index (χ2n) is 4.09. The van der Waals surface area contributed by atoms with Crippen molar-refractivity contribution in [2.45, 2.75) is 25.7 Å². The second kappa shape index (κ2) is 4.45. The first-order chi connectivity index (χ1) is 8.42. The zero-order valence-corrected chi connectivity index (χ0v) is 11.2. The van der Waals surface area contributed by atoms with Gasteiger partial charge in [0.1, 0.15) is 0 Å². The zero-order chi connectivity index (χ0) is 13.3. The summed E-state index contributed by atoms with van der Waals surface area (Å²) in [7, 11) is -3.64. The van der Waals surface area contributed by atoms with Gasteiger partial charge in [-0.2, -0.15) is 0 Å². The molecular formula is C12H14N2O3S. The van der Waals surface area contributed by atoms with E-state index in [1.165, 1.54) is 0 Å². The summed E-state index contributed by atoms with van der Waals surface area (Å²) >= 11 is 0. The summed E-state index contributed by atoms with van der Waals surface area (Å²) in [6, 6.07) is 6.77. The number of aromatic nitrogens is 1. The first-order valence-corrected chi connectivity index (χ1v) is 6.91. The molecule has 0 radical (unpaired) electrons. The van der Waals surface area contributed by atoms with Crippen molar-refractivity contribution < 1.29 is 12.9 Å². The van der Waals surface area contributed by atoms with Gasteiger partial charge in [-0.25, -0.2) is 13.1 Å². The Morgan fingerprint density at radius 3 is 2.39 bits per heavy atom. The standard InChI is InChI=1S/C12H14N2O3S/c1-8-6-4-5-7-11(8)18(15,16)14-12-9(2)10(3)13-17-12/h4-7,14H,1-3H3. The number of aryl methyl sites for hydroxylation is 2. The van der Waals surface area contributed by atoms with E-state index in [9.17, 15) is 8.42 Å². The Hall–Kier alpha value is -1.82. The molecule has 0 aliphatic heterocycles. The number of anilines is 1. The largest absolute Gasteiger partial charge is 0.337 e. The van der Waals surface area contributed by atoms with Crippen LogP contribution in [-0.4, -0.2) is 13.6 Å². The fourth-order valence-electron chi connectivity index (χ4n) is 1.55. The summed E-state index contributed by atoms with van der Waals surface area (Å²) in [5.41, 5.74) is 2.03. The van der Waals surface area contributed by atoms with Crippen LogP contribution in [0.15, 0.2) is 33.7 Å². The van der Waals surface area contributed by atoms with Crippen LogP contribution in [0.2, 0.25) is 0 Å². The van der Waals surface area contributed by atoms with Gasteiger partial charge in [0.2, 0.25) is 5.88 Å². The lowest BCUT2D eigenvalue weighted by Gasteiger charge is -2.07. The molecule has 0 saturated carbocycles. The van der Waals surface area contributed by atoms with Gasteiger partial charge >= 0.3 is 0 Å². The SMILES string of the molecule is Cc1ccccc1S(=O)(=O)Nc1onc(C)c1C. The van der Waals surface area contributed by atoms with E-state index in [2.05, 4.69) is 9.88 Å². The molecule has 0 spiro atoms. The summed E-state index contributed by atoms with van der Waals surface area (Å²) in [4.78, 5) is 0.235. The minimum Gasteiger partial charge on any atom is -0.337 e. The van der Waals surface area contributed by atoms with Crippen LogP contribution >= 0.6 is 0 Å². The van der Waals surface area contributed by atoms with Crippen LogP contribution in [0.25, 0.3) is 0 Å². The number of sulfonamides is 1. The highest BCUT2D eigenvalue weighted by Crippen LogP contribution is 2.23. The van der Waals surface area contributed by atoms with Crippen LogP contribution in [0, 0.1) is 20.8 Å². The summed E-state index contributed by atoms with van der Waals surface area (Å²) in [5, 5.41) is 3.71. The highest BCUT2D eigenvalue weighted by atomic mass is 32.2. The van der Waals surface area contributed by atoms with Crippen molar-refractivity contribution in [2.24, 2.45) is 0 Å². The number of benzene rings is 1. The van der Waals surface area contributed by atoms with Gasteiger partial charge < -0.3 is 4.52 Å². The van der Waals surface area contributed by atoms with Crippen LogP contribution in [0.4, 0.5) is 5.88 Å². The summed E-state index contributed by atoms with van der Waals surface area (Å²) in [6.07, 6.45) is 0. The molecule has 1 aromatic heterocycles. The predicted molar refractivity (Wildman–Crippen MR) is 68.0 cm³/mol. The van der Waals surface area contributed by atoms with Gasteiger partial charge in [-0.1, -0.05) is 23.4 Å². The number of hydrogen-bond acceptors (Lipinski definition) is 4. The van der Waals surface area contributed by atoms with Crippen LogP contribution in [0.5, 0.6) is 0 Å². The van der Waals surface area contributed by atoms with Gasteiger partial charge in [-0.05, 0) is 32.4 Å². The van der Waals surface area contributed by atoms with Crippen molar-refractivity contribution in [1.82, 2.24) is 5.16 Å². The Kier molecular flexibility index (Phi) is 3.13. The van der Waals surface area contributed by atoms with Crippen molar-refractivity contribution in [3.8, 4) is 0 Å². The molecule has 1 aromatic carbocycles. The van der Waals surface area contributed by atoms with E-state index >= 15 is 0 Å². The highest BCUT2D eigenvalue weighted by molar-refractivity contribution is 7.92. The number of nitrogens with one attached hydrogen (secondary N) is 1. The third kappa shape index (κ3) is 2.24. The predicted octanol–water partition coefficient (Wildman–Crippen LogP) is 2.40. The van der Waals surface area contributed by atoms with Crippen molar-refractivity contribution in [3.63, 3.8) is 0 Å². The Bertz CT molecular complexity index is 674.